The molecule has 1 aromatic rings. The van der Waals surface area contributed by atoms with Crippen molar-refractivity contribution in [1.82, 2.24) is 0 Å². The molecule has 0 unspecified atom stereocenters. The van der Waals surface area contributed by atoms with Gasteiger partial charge in [-0.2, -0.15) is 13.2 Å². The topological polar surface area (TPSA) is 13.6 Å². The van der Waals surface area contributed by atoms with E-state index in [2.05, 4.69) is 9.58 Å². The Morgan fingerprint density at radius 3 is 2.56 bits per heavy atom. The number of ether oxygens (including phenoxy) is 1. The standard InChI is InChI=1S/C11H10F3NO/c1-15-6-5-8-3-4-10(16-2)9(7-8)11(12,13)14/h3-4,7H,5-6H2,2H3. The molecule has 16 heavy (non-hydrogen) atoms. The van der Waals surface area contributed by atoms with Crippen molar-refractivity contribution in [2.45, 2.75) is 12.6 Å². The third-order valence-electron chi connectivity index (χ3n) is 2.08. The van der Waals surface area contributed by atoms with Crippen molar-refractivity contribution in [1.29, 1.82) is 0 Å². The second kappa shape index (κ2) is 4.88. The summed E-state index contributed by atoms with van der Waals surface area (Å²) >= 11 is 0. The smallest absolute Gasteiger partial charge is 0.419 e. The number of nitrogens with zero attached hydrogens (tertiary/aromatic N) is 1. The van der Waals surface area contributed by atoms with Crippen LogP contribution in [0.15, 0.2) is 18.2 Å². The van der Waals surface area contributed by atoms with Gasteiger partial charge in [0.2, 0.25) is 6.54 Å². The maximum atomic E-state index is 12.6. The molecule has 0 saturated carbocycles. The number of hydrogen-bond acceptors (Lipinski definition) is 1. The van der Waals surface area contributed by atoms with Crippen molar-refractivity contribution >= 4 is 0 Å². The van der Waals surface area contributed by atoms with Gasteiger partial charge in [0, 0.05) is 6.42 Å². The summed E-state index contributed by atoms with van der Waals surface area (Å²) in [5.41, 5.74) is -0.304. The van der Waals surface area contributed by atoms with E-state index in [9.17, 15) is 13.2 Å². The molecule has 0 amide bonds. The monoisotopic (exact) mass is 229 g/mol. The fourth-order valence-electron chi connectivity index (χ4n) is 1.32. The van der Waals surface area contributed by atoms with E-state index in [1.807, 2.05) is 0 Å². The Bertz CT molecular complexity index is 407. The molecule has 0 aliphatic rings. The first-order chi connectivity index (χ1) is 7.49. The van der Waals surface area contributed by atoms with Crippen LogP contribution in [0.5, 0.6) is 5.75 Å². The lowest BCUT2D eigenvalue weighted by molar-refractivity contribution is -0.138. The zero-order valence-corrected chi connectivity index (χ0v) is 8.64. The highest BCUT2D eigenvalue weighted by Crippen LogP contribution is 2.36. The summed E-state index contributed by atoms with van der Waals surface area (Å²) in [6, 6.07) is 3.85. The quantitative estimate of drug-likeness (QED) is 0.726. The second-order valence-electron chi connectivity index (χ2n) is 3.16. The van der Waals surface area contributed by atoms with Crippen molar-refractivity contribution < 1.29 is 17.9 Å². The highest BCUT2D eigenvalue weighted by atomic mass is 19.4. The fraction of sp³-hybridized carbons (Fsp3) is 0.364. The number of halogens is 3. The predicted molar refractivity (Wildman–Crippen MR) is 53.2 cm³/mol. The highest BCUT2D eigenvalue weighted by Gasteiger charge is 2.34. The molecule has 0 bridgehead atoms. The van der Waals surface area contributed by atoms with Crippen molar-refractivity contribution in [3.63, 3.8) is 0 Å². The van der Waals surface area contributed by atoms with E-state index in [4.69, 9.17) is 6.57 Å². The van der Waals surface area contributed by atoms with Gasteiger partial charge < -0.3 is 9.58 Å². The first-order valence-corrected chi connectivity index (χ1v) is 4.56. The summed E-state index contributed by atoms with van der Waals surface area (Å²) in [7, 11) is 1.20. The Balaban J connectivity index is 3.08. The van der Waals surface area contributed by atoms with Gasteiger partial charge in [-0.25, -0.2) is 6.57 Å². The molecule has 0 saturated heterocycles. The Labute approximate surface area is 91.5 Å². The minimum Gasteiger partial charge on any atom is -0.496 e. The summed E-state index contributed by atoms with van der Waals surface area (Å²) in [6.45, 7) is 6.77. The molecule has 0 N–H and O–H groups in total. The van der Waals surface area contributed by atoms with Gasteiger partial charge in [0.25, 0.3) is 0 Å². The third kappa shape index (κ3) is 2.89. The molecule has 0 aromatic heterocycles. The largest absolute Gasteiger partial charge is 0.496 e. The van der Waals surface area contributed by atoms with Crippen LogP contribution in [0.4, 0.5) is 13.2 Å². The molecule has 0 aliphatic carbocycles. The number of rotatable bonds is 3. The average Bonchev–Trinajstić information content (AvgIpc) is 2.24. The van der Waals surface area contributed by atoms with Crippen LogP contribution < -0.4 is 4.74 Å². The molecular weight excluding hydrogens is 219 g/mol. The summed E-state index contributed by atoms with van der Waals surface area (Å²) in [4.78, 5) is 3.10. The molecule has 0 spiro atoms. The molecule has 1 aromatic carbocycles. The van der Waals surface area contributed by atoms with E-state index >= 15 is 0 Å². The van der Waals surface area contributed by atoms with E-state index in [0.29, 0.717) is 12.0 Å². The van der Waals surface area contributed by atoms with Crippen LogP contribution in [0.2, 0.25) is 0 Å². The van der Waals surface area contributed by atoms with E-state index in [1.54, 1.807) is 6.07 Å². The van der Waals surface area contributed by atoms with Crippen LogP contribution in [-0.4, -0.2) is 13.7 Å². The summed E-state index contributed by atoms with van der Waals surface area (Å²) < 4.78 is 42.4. The molecule has 1 rings (SSSR count). The van der Waals surface area contributed by atoms with Crippen LogP contribution in [0.1, 0.15) is 11.1 Å². The van der Waals surface area contributed by atoms with E-state index in [-0.39, 0.29) is 12.3 Å². The highest BCUT2D eigenvalue weighted by molar-refractivity contribution is 5.39. The normalized spacial score (nSPS) is 10.9. The summed E-state index contributed by atoms with van der Waals surface area (Å²) in [6.07, 6.45) is -4.12. The van der Waals surface area contributed by atoms with Crippen molar-refractivity contribution in [3.05, 3.63) is 40.7 Å². The molecule has 0 fully saturated rings. The van der Waals surface area contributed by atoms with Gasteiger partial charge in [-0.3, -0.25) is 0 Å². The molecule has 86 valence electrons. The Kier molecular flexibility index (Phi) is 3.78. The lowest BCUT2D eigenvalue weighted by Gasteiger charge is -2.12. The van der Waals surface area contributed by atoms with Gasteiger partial charge in [-0.15, -0.1) is 0 Å². The maximum Gasteiger partial charge on any atom is 0.419 e. The molecule has 0 heterocycles. The van der Waals surface area contributed by atoms with E-state index < -0.39 is 11.7 Å². The molecule has 0 radical (unpaired) electrons. The molecule has 0 atom stereocenters. The second-order valence-corrected chi connectivity index (χ2v) is 3.16. The molecule has 0 aliphatic heterocycles. The molecule has 2 nitrogen and oxygen atoms in total. The number of benzene rings is 1. The summed E-state index contributed by atoms with van der Waals surface area (Å²) in [5.74, 6) is -0.195. The Hall–Kier alpha value is -1.70. The molecular formula is C11H10F3NO. The maximum absolute atomic E-state index is 12.6. The first kappa shape index (κ1) is 12.4. The van der Waals surface area contributed by atoms with Gasteiger partial charge in [-0.05, 0) is 17.7 Å². The minimum absolute atomic E-state index is 0.184. The number of alkyl halides is 3. The zero-order valence-electron chi connectivity index (χ0n) is 8.64. The van der Waals surface area contributed by atoms with Crippen LogP contribution in [0.25, 0.3) is 4.85 Å². The van der Waals surface area contributed by atoms with Crippen LogP contribution in [-0.2, 0) is 12.6 Å². The lowest BCUT2D eigenvalue weighted by atomic mass is 10.1. The van der Waals surface area contributed by atoms with Crippen molar-refractivity contribution in [2.75, 3.05) is 13.7 Å². The van der Waals surface area contributed by atoms with Gasteiger partial charge in [0.15, 0.2) is 0 Å². The Morgan fingerprint density at radius 2 is 2.06 bits per heavy atom. The van der Waals surface area contributed by atoms with Crippen molar-refractivity contribution in [3.8, 4) is 5.75 Å². The van der Waals surface area contributed by atoms with Crippen LogP contribution >= 0.6 is 0 Å². The van der Waals surface area contributed by atoms with Gasteiger partial charge in [0.05, 0.1) is 12.7 Å². The Morgan fingerprint density at radius 1 is 1.38 bits per heavy atom. The first-order valence-electron chi connectivity index (χ1n) is 4.56. The average molecular weight is 229 g/mol. The lowest BCUT2D eigenvalue weighted by Crippen LogP contribution is -2.08. The van der Waals surface area contributed by atoms with Gasteiger partial charge >= 0.3 is 6.18 Å². The molecule has 5 heteroatoms. The van der Waals surface area contributed by atoms with Crippen LogP contribution in [0, 0.1) is 6.57 Å². The SMILES string of the molecule is [C-]#[N+]CCc1ccc(OC)c(C(F)(F)F)c1. The zero-order chi connectivity index (χ0) is 12.2. The van der Waals surface area contributed by atoms with Crippen molar-refractivity contribution in [2.24, 2.45) is 0 Å². The van der Waals surface area contributed by atoms with E-state index in [1.165, 1.54) is 13.2 Å². The minimum atomic E-state index is -4.43. The van der Waals surface area contributed by atoms with Crippen LogP contribution in [0.3, 0.4) is 0 Å². The van der Waals surface area contributed by atoms with E-state index in [0.717, 1.165) is 6.07 Å². The number of hydrogen-bond donors (Lipinski definition) is 0. The van der Waals surface area contributed by atoms with Gasteiger partial charge in [0.1, 0.15) is 5.75 Å². The summed E-state index contributed by atoms with van der Waals surface area (Å²) in [5, 5.41) is 0. The predicted octanol–water partition coefficient (Wildman–Crippen LogP) is 3.18. The third-order valence-corrected chi connectivity index (χ3v) is 2.08. The fourth-order valence-corrected chi connectivity index (χ4v) is 1.32. The number of methoxy groups -OCH3 is 1. The van der Waals surface area contributed by atoms with Gasteiger partial charge in [-0.1, -0.05) is 6.07 Å².